The molecule has 0 unspecified atom stereocenters. The van der Waals surface area contributed by atoms with Crippen LogP contribution in [0.2, 0.25) is 0 Å². The van der Waals surface area contributed by atoms with Crippen molar-refractivity contribution in [2.45, 2.75) is 43.4 Å². The Labute approximate surface area is 260 Å². The minimum atomic E-state index is -2.65. The molecule has 240 valence electrons. The van der Waals surface area contributed by atoms with Gasteiger partial charge in [-0.1, -0.05) is 78.9 Å². The summed E-state index contributed by atoms with van der Waals surface area (Å²) in [4.78, 5) is 37.9. The smallest absolute Gasteiger partial charge is 0.407 e. The number of aryl methyl sites for hydroxylation is 1. The zero-order valence-electron chi connectivity index (χ0n) is 24.9. The van der Waals surface area contributed by atoms with Crippen LogP contribution in [0.25, 0.3) is 0 Å². The van der Waals surface area contributed by atoms with Crippen molar-refractivity contribution in [1.82, 2.24) is 16.0 Å². The molecule has 3 amide bonds. The standard InChI is InChI=1S/C33H38F2N4O6/c1-43-33(42)39-30(29(23-11-4-2-5-12-23)24-13-6-3-7-14-24)31(40)38-27-15-9-8-10-22(27)16-17-26-18-36-25(20-44-26)21-45-32(41)37-19-28(34)35/h2-15,25-26,28-30,36H,16-21H2,1H3,(H,37,41)(H,38,40)(H,39,42)/t25-,26+,30-/m0/s1. The zero-order valence-corrected chi connectivity index (χ0v) is 24.9. The number of anilines is 1. The van der Waals surface area contributed by atoms with Crippen LogP contribution in [0.1, 0.15) is 29.0 Å². The molecule has 0 spiro atoms. The number of rotatable bonds is 13. The largest absolute Gasteiger partial charge is 0.453 e. The molecule has 0 aliphatic carbocycles. The second-order valence-corrected chi connectivity index (χ2v) is 10.5. The van der Waals surface area contributed by atoms with Gasteiger partial charge in [0.1, 0.15) is 12.6 Å². The number of halogens is 2. The van der Waals surface area contributed by atoms with Gasteiger partial charge in [0.15, 0.2) is 0 Å². The number of nitrogens with one attached hydrogen (secondary N) is 4. The second kappa shape index (κ2) is 17.1. The van der Waals surface area contributed by atoms with Crippen molar-refractivity contribution in [3.63, 3.8) is 0 Å². The van der Waals surface area contributed by atoms with Gasteiger partial charge in [-0.05, 0) is 35.6 Å². The maximum atomic E-state index is 13.9. The Kier molecular flexibility index (Phi) is 12.7. The number of alkyl carbamates (subject to hydrolysis) is 2. The predicted octanol–water partition coefficient (Wildman–Crippen LogP) is 4.46. The van der Waals surface area contributed by atoms with Crippen molar-refractivity contribution in [1.29, 1.82) is 0 Å². The van der Waals surface area contributed by atoms with E-state index in [1.165, 1.54) is 7.11 Å². The lowest BCUT2D eigenvalue weighted by Gasteiger charge is -2.30. The highest BCUT2D eigenvalue weighted by Crippen LogP contribution is 2.30. The molecule has 3 atom stereocenters. The van der Waals surface area contributed by atoms with E-state index in [1.54, 1.807) is 0 Å². The number of para-hydroxylation sites is 1. The van der Waals surface area contributed by atoms with Gasteiger partial charge in [-0.2, -0.15) is 0 Å². The molecule has 4 N–H and O–H groups in total. The molecule has 12 heteroatoms. The van der Waals surface area contributed by atoms with E-state index in [0.717, 1.165) is 16.7 Å². The van der Waals surface area contributed by atoms with E-state index in [-0.39, 0.29) is 25.4 Å². The summed E-state index contributed by atoms with van der Waals surface area (Å²) >= 11 is 0. The average molecular weight is 625 g/mol. The van der Waals surface area contributed by atoms with E-state index in [1.807, 2.05) is 90.2 Å². The molecule has 0 radical (unpaired) electrons. The number of carbonyl (C=O) groups excluding carboxylic acids is 3. The normalized spacial score (nSPS) is 16.9. The van der Waals surface area contributed by atoms with Crippen LogP contribution in [0.15, 0.2) is 84.9 Å². The Morgan fingerprint density at radius 1 is 0.933 bits per heavy atom. The van der Waals surface area contributed by atoms with Gasteiger partial charge in [-0.3, -0.25) is 4.79 Å². The van der Waals surface area contributed by atoms with Gasteiger partial charge >= 0.3 is 12.2 Å². The topological polar surface area (TPSA) is 127 Å². The van der Waals surface area contributed by atoms with Crippen molar-refractivity contribution >= 4 is 23.8 Å². The lowest BCUT2D eigenvalue weighted by Crippen LogP contribution is -2.49. The third-order valence-electron chi connectivity index (χ3n) is 7.39. The Balaban J connectivity index is 1.39. The molecular formula is C33H38F2N4O6. The Hall–Kier alpha value is -4.55. The molecule has 1 heterocycles. The number of hydrogen-bond acceptors (Lipinski definition) is 7. The molecule has 10 nitrogen and oxygen atoms in total. The van der Waals surface area contributed by atoms with Gasteiger partial charge in [0, 0.05) is 18.2 Å². The number of carbonyl (C=O) groups is 3. The summed E-state index contributed by atoms with van der Waals surface area (Å²) in [6, 6.07) is 25.2. The first-order valence-electron chi connectivity index (χ1n) is 14.7. The van der Waals surface area contributed by atoms with E-state index in [9.17, 15) is 23.2 Å². The SMILES string of the molecule is COC(=O)N[C@H](C(=O)Nc1ccccc1CC[C@@H]1CN[C@H](COC(=O)NCC(F)F)CO1)C(c1ccccc1)c1ccccc1. The van der Waals surface area contributed by atoms with Crippen LogP contribution in [-0.2, 0) is 25.4 Å². The third-order valence-corrected chi connectivity index (χ3v) is 7.39. The van der Waals surface area contributed by atoms with Gasteiger partial charge in [0.05, 0.1) is 32.4 Å². The maximum absolute atomic E-state index is 13.9. The summed E-state index contributed by atoms with van der Waals surface area (Å²) in [7, 11) is 1.25. The number of ether oxygens (including phenoxy) is 3. The lowest BCUT2D eigenvalue weighted by atomic mass is 9.84. The summed E-state index contributed by atoms with van der Waals surface area (Å²) in [5.74, 6) is -0.894. The van der Waals surface area contributed by atoms with Crippen LogP contribution in [-0.4, -0.2) is 76.1 Å². The number of benzene rings is 3. The predicted molar refractivity (Wildman–Crippen MR) is 164 cm³/mol. The van der Waals surface area contributed by atoms with Gasteiger partial charge in [0.2, 0.25) is 5.91 Å². The molecule has 1 fully saturated rings. The summed E-state index contributed by atoms with van der Waals surface area (Å²) in [5.41, 5.74) is 3.22. The zero-order chi connectivity index (χ0) is 32.0. The molecule has 0 bridgehead atoms. The number of methoxy groups -OCH3 is 1. The van der Waals surface area contributed by atoms with E-state index < -0.39 is 43.0 Å². The Morgan fingerprint density at radius 3 is 2.18 bits per heavy atom. The molecule has 3 aromatic rings. The molecule has 0 saturated carbocycles. The van der Waals surface area contributed by atoms with Gasteiger partial charge in [-0.15, -0.1) is 0 Å². The van der Waals surface area contributed by atoms with Crippen molar-refractivity contribution in [2.24, 2.45) is 0 Å². The molecule has 4 rings (SSSR count). The average Bonchev–Trinajstić information content (AvgIpc) is 3.07. The fourth-order valence-corrected chi connectivity index (χ4v) is 5.12. The van der Waals surface area contributed by atoms with Crippen molar-refractivity contribution in [3.8, 4) is 0 Å². The van der Waals surface area contributed by atoms with Crippen LogP contribution < -0.4 is 21.3 Å². The van der Waals surface area contributed by atoms with Crippen molar-refractivity contribution < 1.29 is 37.4 Å². The van der Waals surface area contributed by atoms with Crippen LogP contribution in [0.5, 0.6) is 0 Å². The maximum Gasteiger partial charge on any atom is 0.407 e. The highest BCUT2D eigenvalue weighted by atomic mass is 19.3. The first-order valence-corrected chi connectivity index (χ1v) is 14.7. The molecule has 3 aromatic carbocycles. The third kappa shape index (κ3) is 10.3. The number of amides is 3. The number of morpholine rings is 1. The van der Waals surface area contributed by atoms with E-state index >= 15 is 0 Å². The fourth-order valence-electron chi connectivity index (χ4n) is 5.12. The first kappa shape index (κ1) is 33.3. The quantitative estimate of drug-likeness (QED) is 0.221. The van der Waals surface area contributed by atoms with E-state index in [0.29, 0.717) is 25.1 Å². The summed E-state index contributed by atoms with van der Waals surface area (Å²) in [5, 5.41) is 11.0. The Bertz CT molecular complexity index is 1330. The first-order chi connectivity index (χ1) is 21.8. The van der Waals surface area contributed by atoms with Gasteiger partial charge in [-0.25, -0.2) is 18.4 Å². The minimum Gasteiger partial charge on any atom is -0.453 e. The summed E-state index contributed by atoms with van der Waals surface area (Å²) in [6.45, 7) is 0.0134. The highest BCUT2D eigenvalue weighted by Gasteiger charge is 2.33. The molecule has 0 aromatic heterocycles. The monoisotopic (exact) mass is 624 g/mol. The van der Waals surface area contributed by atoms with Crippen molar-refractivity contribution in [3.05, 3.63) is 102 Å². The Morgan fingerprint density at radius 2 is 1.58 bits per heavy atom. The molecule has 45 heavy (non-hydrogen) atoms. The van der Waals surface area contributed by atoms with Crippen LogP contribution in [0.4, 0.5) is 24.1 Å². The summed E-state index contributed by atoms with van der Waals surface area (Å²) in [6.07, 6.45) is -3.17. The van der Waals surface area contributed by atoms with Crippen LogP contribution >= 0.6 is 0 Å². The molecular weight excluding hydrogens is 586 g/mol. The highest BCUT2D eigenvalue weighted by molar-refractivity contribution is 5.98. The minimum absolute atomic E-state index is 0.00953. The van der Waals surface area contributed by atoms with Gasteiger partial charge in [0.25, 0.3) is 6.43 Å². The van der Waals surface area contributed by atoms with Crippen LogP contribution in [0.3, 0.4) is 0 Å². The number of alkyl halides is 2. The molecule has 1 aliphatic rings. The van der Waals surface area contributed by atoms with Gasteiger partial charge < -0.3 is 35.5 Å². The van der Waals surface area contributed by atoms with Crippen LogP contribution in [0, 0.1) is 0 Å². The fraction of sp³-hybridized carbons (Fsp3) is 0.364. The number of hydrogen-bond donors (Lipinski definition) is 4. The molecule has 1 aliphatic heterocycles. The van der Waals surface area contributed by atoms with E-state index in [2.05, 4.69) is 16.0 Å². The van der Waals surface area contributed by atoms with Crippen molar-refractivity contribution in [2.75, 3.05) is 38.7 Å². The summed E-state index contributed by atoms with van der Waals surface area (Å²) < 4.78 is 40.3. The lowest BCUT2D eigenvalue weighted by molar-refractivity contribution is -0.118. The molecule has 1 saturated heterocycles. The van der Waals surface area contributed by atoms with E-state index in [4.69, 9.17) is 14.2 Å². The second-order valence-electron chi connectivity index (χ2n) is 10.5.